The maximum absolute atomic E-state index is 13.1. The highest BCUT2D eigenvalue weighted by Gasteiger charge is 2.48. The number of carbonyl (C=O) groups is 1. The first kappa shape index (κ1) is 17.1. The van der Waals surface area contributed by atoms with E-state index >= 15 is 0 Å². The van der Waals surface area contributed by atoms with Gasteiger partial charge < -0.3 is 9.64 Å². The summed E-state index contributed by atoms with van der Waals surface area (Å²) in [6.07, 6.45) is 6.73. The van der Waals surface area contributed by atoms with Crippen LogP contribution in [0.15, 0.2) is 36.7 Å². The summed E-state index contributed by atoms with van der Waals surface area (Å²) in [5.41, 5.74) is 0.637. The van der Waals surface area contributed by atoms with Gasteiger partial charge in [-0.2, -0.15) is 5.10 Å². The van der Waals surface area contributed by atoms with Gasteiger partial charge in [-0.05, 0) is 63.3 Å². The number of aromatic nitrogens is 2. The van der Waals surface area contributed by atoms with E-state index in [1.54, 1.807) is 18.3 Å². The highest BCUT2D eigenvalue weighted by atomic mass is 19.1. The van der Waals surface area contributed by atoms with Crippen LogP contribution in [0.3, 0.4) is 0 Å². The third kappa shape index (κ3) is 3.08. The number of amides is 1. The zero-order valence-corrected chi connectivity index (χ0v) is 15.1. The Morgan fingerprint density at radius 3 is 2.77 bits per heavy atom. The molecule has 0 unspecified atom stereocenters. The Morgan fingerprint density at radius 1 is 1.31 bits per heavy atom. The second-order valence-corrected chi connectivity index (χ2v) is 7.57. The Hall–Kier alpha value is -2.37. The first-order valence-electron chi connectivity index (χ1n) is 9.28. The Balaban J connectivity index is 1.49. The van der Waals surface area contributed by atoms with E-state index in [0.29, 0.717) is 23.8 Å². The van der Waals surface area contributed by atoms with Crippen molar-refractivity contribution in [3.63, 3.8) is 0 Å². The number of ether oxygens (including phenoxy) is 1. The van der Waals surface area contributed by atoms with Crippen LogP contribution in [0.5, 0.6) is 5.75 Å². The van der Waals surface area contributed by atoms with Crippen molar-refractivity contribution < 1.29 is 13.9 Å². The number of carbonyl (C=O) groups excluding carboxylic acids is 1. The average Bonchev–Trinajstić information content (AvgIpc) is 3.36. The van der Waals surface area contributed by atoms with Crippen molar-refractivity contribution in [1.82, 2.24) is 14.7 Å². The summed E-state index contributed by atoms with van der Waals surface area (Å²) in [4.78, 5) is 15.1. The molecular weight excluding hydrogens is 333 g/mol. The highest BCUT2D eigenvalue weighted by molar-refractivity contribution is 5.94. The van der Waals surface area contributed by atoms with Crippen LogP contribution in [0.1, 0.15) is 49.5 Å². The molecular formula is C20H24FN3O2. The van der Waals surface area contributed by atoms with E-state index in [0.717, 1.165) is 19.3 Å². The monoisotopic (exact) mass is 357 g/mol. The summed E-state index contributed by atoms with van der Waals surface area (Å²) >= 11 is 0. The van der Waals surface area contributed by atoms with Gasteiger partial charge in [0.2, 0.25) is 0 Å². The molecule has 5 nitrogen and oxygen atoms in total. The van der Waals surface area contributed by atoms with Crippen molar-refractivity contribution in [3.8, 4) is 5.75 Å². The van der Waals surface area contributed by atoms with E-state index in [1.165, 1.54) is 12.1 Å². The summed E-state index contributed by atoms with van der Waals surface area (Å²) < 4.78 is 20.7. The van der Waals surface area contributed by atoms with Crippen LogP contribution in [0.2, 0.25) is 0 Å². The number of hydrogen-bond donors (Lipinski definition) is 0. The van der Waals surface area contributed by atoms with Crippen molar-refractivity contribution in [2.75, 3.05) is 6.61 Å². The van der Waals surface area contributed by atoms with Crippen molar-refractivity contribution in [3.05, 3.63) is 48.0 Å². The van der Waals surface area contributed by atoms with Crippen molar-refractivity contribution in [2.24, 2.45) is 5.92 Å². The number of likely N-dealkylation sites (tertiary alicyclic amines) is 1. The molecule has 6 heteroatoms. The molecule has 26 heavy (non-hydrogen) atoms. The van der Waals surface area contributed by atoms with Gasteiger partial charge >= 0.3 is 0 Å². The number of rotatable bonds is 5. The average molecular weight is 357 g/mol. The molecule has 1 aliphatic heterocycles. The lowest BCUT2D eigenvalue weighted by atomic mass is 9.99. The zero-order valence-electron chi connectivity index (χ0n) is 15.1. The molecule has 1 amide bonds. The second kappa shape index (κ2) is 6.74. The third-order valence-electron chi connectivity index (χ3n) is 5.59. The van der Waals surface area contributed by atoms with Gasteiger partial charge in [0.05, 0.1) is 17.8 Å². The van der Waals surface area contributed by atoms with Gasteiger partial charge in [-0.25, -0.2) is 4.39 Å². The van der Waals surface area contributed by atoms with E-state index in [4.69, 9.17) is 4.74 Å². The van der Waals surface area contributed by atoms with E-state index in [9.17, 15) is 9.18 Å². The molecule has 2 aliphatic rings. The zero-order chi connectivity index (χ0) is 18.3. The Kier molecular flexibility index (Phi) is 4.42. The molecule has 1 aromatic heterocycles. The van der Waals surface area contributed by atoms with Crippen LogP contribution in [0.4, 0.5) is 4.39 Å². The molecule has 1 aromatic carbocycles. The lowest BCUT2D eigenvalue weighted by molar-refractivity contribution is 0.0505. The molecule has 2 heterocycles. The lowest BCUT2D eigenvalue weighted by Gasteiger charge is -2.35. The predicted molar refractivity (Wildman–Crippen MR) is 95.6 cm³/mol. The SMILES string of the molecule is CC(C)n1cc(C(=O)N2[C@@H]3CC[C@@H](C3)[C@@H]2COc2ccc(F)cc2)cn1. The molecule has 2 bridgehead atoms. The number of nitrogens with zero attached hydrogens (tertiary/aromatic N) is 3. The fourth-order valence-electron chi connectivity index (χ4n) is 4.22. The fraction of sp³-hybridized carbons (Fsp3) is 0.500. The van der Waals surface area contributed by atoms with Gasteiger partial charge in [-0.1, -0.05) is 0 Å². The summed E-state index contributed by atoms with van der Waals surface area (Å²) in [5, 5.41) is 4.30. The number of fused-ring (bicyclic) bond motifs is 2. The number of hydrogen-bond acceptors (Lipinski definition) is 3. The minimum Gasteiger partial charge on any atom is -0.491 e. The lowest BCUT2D eigenvalue weighted by Crippen LogP contribution is -2.47. The highest BCUT2D eigenvalue weighted by Crippen LogP contribution is 2.43. The predicted octanol–water partition coefficient (Wildman–Crippen LogP) is 3.68. The van der Waals surface area contributed by atoms with Crippen molar-refractivity contribution in [2.45, 2.75) is 51.2 Å². The minimum atomic E-state index is -0.281. The van der Waals surface area contributed by atoms with Crippen LogP contribution in [-0.4, -0.2) is 39.3 Å². The molecule has 2 fully saturated rings. The standard InChI is InChI=1S/C20H24FN3O2/c1-13(2)23-11-15(10-22-23)20(25)24-17-6-3-14(9-17)19(24)12-26-18-7-4-16(21)5-8-18/h4-5,7-8,10-11,13-14,17,19H,3,6,9,12H2,1-2H3/t14-,17+,19-/m0/s1. The molecule has 4 rings (SSSR count). The molecule has 1 aliphatic carbocycles. The third-order valence-corrected chi connectivity index (χ3v) is 5.59. The second-order valence-electron chi connectivity index (χ2n) is 7.57. The van der Waals surface area contributed by atoms with E-state index in [1.807, 2.05) is 29.6 Å². The smallest absolute Gasteiger partial charge is 0.257 e. The van der Waals surface area contributed by atoms with E-state index < -0.39 is 0 Å². The molecule has 138 valence electrons. The van der Waals surface area contributed by atoms with Gasteiger partial charge in [-0.15, -0.1) is 0 Å². The Labute approximate surface area is 152 Å². The number of benzene rings is 1. The molecule has 1 saturated heterocycles. The van der Waals surface area contributed by atoms with Crippen LogP contribution in [-0.2, 0) is 0 Å². The van der Waals surface area contributed by atoms with E-state index in [2.05, 4.69) is 5.10 Å². The molecule has 0 spiro atoms. The van der Waals surface area contributed by atoms with Gasteiger partial charge in [-0.3, -0.25) is 9.48 Å². The van der Waals surface area contributed by atoms with Gasteiger partial charge in [0, 0.05) is 18.3 Å². The largest absolute Gasteiger partial charge is 0.491 e. The summed E-state index contributed by atoms with van der Waals surface area (Å²) in [7, 11) is 0. The maximum Gasteiger partial charge on any atom is 0.257 e. The van der Waals surface area contributed by atoms with Crippen LogP contribution < -0.4 is 4.74 Å². The maximum atomic E-state index is 13.1. The normalized spacial score (nSPS) is 24.5. The quantitative estimate of drug-likeness (QED) is 0.820. The van der Waals surface area contributed by atoms with Crippen molar-refractivity contribution in [1.29, 1.82) is 0 Å². The van der Waals surface area contributed by atoms with Crippen LogP contribution >= 0.6 is 0 Å². The summed E-state index contributed by atoms with van der Waals surface area (Å²) in [6.45, 7) is 4.52. The Bertz CT molecular complexity index is 787. The molecule has 0 radical (unpaired) electrons. The number of piperidine rings is 1. The number of halogens is 1. The van der Waals surface area contributed by atoms with Gasteiger partial charge in [0.1, 0.15) is 18.2 Å². The minimum absolute atomic E-state index is 0.0387. The van der Waals surface area contributed by atoms with Gasteiger partial charge in [0.25, 0.3) is 5.91 Å². The molecule has 0 N–H and O–H groups in total. The van der Waals surface area contributed by atoms with Crippen LogP contribution in [0.25, 0.3) is 0 Å². The van der Waals surface area contributed by atoms with E-state index in [-0.39, 0.29) is 29.8 Å². The first-order chi connectivity index (χ1) is 12.5. The fourth-order valence-corrected chi connectivity index (χ4v) is 4.22. The topological polar surface area (TPSA) is 47.4 Å². The summed E-state index contributed by atoms with van der Waals surface area (Å²) in [5.74, 6) is 0.867. The molecule has 3 atom stereocenters. The first-order valence-corrected chi connectivity index (χ1v) is 9.28. The molecule has 2 aromatic rings. The Morgan fingerprint density at radius 2 is 2.08 bits per heavy atom. The molecule has 1 saturated carbocycles. The summed E-state index contributed by atoms with van der Waals surface area (Å²) in [6, 6.07) is 6.61. The van der Waals surface area contributed by atoms with Gasteiger partial charge in [0.15, 0.2) is 0 Å². The van der Waals surface area contributed by atoms with Crippen molar-refractivity contribution >= 4 is 5.91 Å². The van der Waals surface area contributed by atoms with Crippen LogP contribution in [0, 0.1) is 11.7 Å².